The van der Waals surface area contributed by atoms with Crippen LogP contribution in [0.25, 0.3) is 22.1 Å². The van der Waals surface area contributed by atoms with Gasteiger partial charge in [0.2, 0.25) is 0 Å². The van der Waals surface area contributed by atoms with Gasteiger partial charge in [-0.1, -0.05) is 61.9 Å². The molecule has 1 heterocycles. The van der Waals surface area contributed by atoms with Crippen LogP contribution >= 0.6 is 11.6 Å². The zero-order valence-corrected chi connectivity index (χ0v) is 16.7. The lowest BCUT2D eigenvalue weighted by Gasteiger charge is -2.03. The highest BCUT2D eigenvalue weighted by molar-refractivity contribution is 6.30. The van der Waals surface area contributed by atoms with E-state index in [1.54, 1.807) is 0 Å². The van der Waals surface area contributed by atoms with Crippen molar-refractivity contribution < 1.29 is 9.21 Å². The number of aryl methyl sites for hydroxylation is 1. The number of furan rings is 1. The molecule has 0 aliphatic heterocycles. The minimum atomic E-state index is -0.153. The maximum Gasteiger partial charge on any atom is 0.287 e. The van der Waals surface area contributed by atoms with E-state index in [1.165, 1.54) is 19.3 Å². The highest BCUT2D eigenvalue weighted by Gasteiger charge is 2.20. The minimum Gasteiger partial charge on any atom is -0.450 e. The molecule has 0 bridgehead atoms. The lowest BCUT2D eigenvalue weighted by Crippen LogP contribution is -2.24. The van der Waals surface area contributed by atoms with Gasteiger partial charge in [0, 0.05) is 27.9 Å². The van der Waals surface area contributed by atoms with Gasteiger partial charge in [-0.2, -0.15) is 0 Å². The molecule has 0 aliphatic carbocycles. The van der Waals surface area contributed by atoms with Crippen LogP contribution in [-0.2, 0) is 0 Å². The Morgan fingerprint density at radius 1 is 1.00 bits per heavy atom. The molecule has 1 aromatic heterocycles. The molecule has 3 aromatic rings. The van der Waals surface area contributed by atoms with Gasteiger partial charge >= 0.3 is 0 Å². The average Bonchev–Trinajstić information content (AvgIpc) is 3.04. The summed E-state index contributed by atoms with van der Waals surface area (Å²) < 4.78 is 6.05. The monoisotopic (exact) mass is 383 g/mol. The van der Waals surface area contributed by atoms with Gasteiger partial charge in [0.15, 0.2) is 5.76 Å². The normalized spacial score (nSPS) is 11.1. The maximum absolute atomic E-state index is 12.7. The molecule has 0 aliphatic rings. The number of fused-ring (bicyclic) bond motifs is 1. The van der Waals surface area contributed by atoms with Crippen LogP contribution in [0.4, 0.5) is 0 Å². The molecule has 1 N–H and O–H groups in total. The fourth-order valence-corrected chi connectivity index (χ4v) is 3.38. The molecule has 3 nitrogen and oxygen atoms in total. The van der Waals surface area contributed by atoms with E-state index >= 15 is 0 Å². The molecule has 1 amide bonds. The van der Waals surface area contributed by atoms with E-state index in [1.807, 2.05) is 43.3 Å². The van der Waals surface area contributed by atoms with Crippen LogP contribution in [0.1, 0.15) is 55.1 Å². The van der Waals surface area contributed by atoms with Gasteiger partial charge in [-0.3, -0.25) is 4.79 Å². The van der Waals surface area contributed by atoms with Crippen molar-refractivity contribution >= 4 is 28.3 Å². The van der Waals surface area contributed by atoms with Crippen molar-refractivity contribution in [3.8, 4) is 11.3 Å². The van der Waals surface area contributed by atoms with Gasteiger partial charge in [0.25, 0.3) is 5.91 Å². The summed E-state index contributed by atoms with van der Waals surface area (Å²) >= 11 is 6.01. The quantitative estimate of drug-likeness (QED) is 0.436. The van der Waals surface area contributed by atoms with E-state index in [4.69, 9.17) is 16.0 Å². The smallest absolute Gasteiger partial charge is 0.287 e. The summed E-state index contributed by atoms with van der Waals surface area (Å²) in [6.07, 6.45) is 5.82. The van der Waals surface area contributed by atoms with Crippen LogP contribution in [0.15, 0.2) is 46.9 Å². The second-order valence-corrected chi connectivity index (χ2v) is 7.42. The second kappa shape index (κ2) is 9.09. The number of hydrogen-bond acceptors (Lipinski definition) is 2. The lowest BCUT2D eigenvalue weighted by molar-refractivity contribution is 0.0928. The number of carbonyl (C=O) groups is 1. The summed E-state index contributed by atoms with van der Waals surface area (Å²) in [7, 11) is 0. The molecule has 0 radical (unpaired) electrons. The van der Waals surface area contributed by atoms with Crippen LogP contribution < -0.4 is 5.32 Å². The van der Waals surface area contributed by atoms with Gasteiger partial charge in [-0.05, 0) is 43.7 Å². The van der Waals surface area contributed by atoms with Crippen LogP contribution in [0, 0.1) is 6.92 Å². The van der Waals surface area contributed by atoms with Crippen molar-refractivity contribution in [2.45, 2.75) is 46.0 Å². The Hall–Kier alpha value is -2.26. The first-order valence-corrected chi connectivity index (χ1v) is 10.0. The molecule has 2 aromatic carbocycles. The van der Waals surface area contributed by atoms with Crippen LogP contribution in [0.2, 0.25) is 5.02 Å². The third-order valence-corrected chi connectivity index (χ3v) is 5.00. The minimum absolute atomic E-state index is 0.153. The van der Waals surface area contributed by atoms with E-state index in [0.717, 1.165) is 34.7 Å². The van der Waals surface area contributed by atoms with Crippen LogP contribution in [0.3, 0.4) is 0 Å². The van der Waals surface area contributed by atoms with Crippen molar-refractivity contribution in [3.05, 3.63) is 58.8 Å². The van der Waals surface area contributed by atoms with Gasteiger partial charge in [0.05, 0.1) is 0 Å². The largest absolute Gasteiger partial charge is 0.450 e. The first-order chi connectivity index (χ1) is 13.1. The van der Waals surface area contributed by atoms with E-state index < -0.39 is 0 Å². The van der Waals surface area contributed by atoms with E-state index in [9.17, 15) is 4.79 Å². The third-order valence-electron chi connectivity index (χ3n) is 4.75. The molecular weight excluding hydrogens is 358 g/mol. The molecule has 0 spiro atoms. The first kappa shape index (κ1) is 19.5. The fourth-order valence-electron chi connectivity index (χ4n) is 3.25. The van der Waals surface area contributed by atoms with Gasteiger partial charge in [0.1, 0.15) is 5.76 Å². The molecule has 4 heteroatoms. The summed E-state index contributed by atoms with van der Waals surface area (Å²) in [5, 5.41) is 5.47. The standard InChI is InChI=1S/C23H26ClNO2/c1-3-4-5-6-7-14-25-23(26)22-19-13-8-16(2)15-20(19)21(27-22)17-9-11-18(24)12-10-17/h8-13,15H,3-7,14H2,1-2H3,(H,25,26). The van der Waals surface area contributed by atoms with Crippen LogP contribution in [0.5, 0.6) is 0 Å². The highest BCUT2D eigenvalue weighted by Crippen LogP contribution is 2.35. The van der Waals surface area contributed by atoms with E-state index in [0.29, 0.717) is 23.1 Å². The Labute approximate surface area is 165 Å². The number of benzene rings is 2. The number of nitrogens with one attached hydrogen (secondary N) is 1. The summed E-state index contributed by atoms with van der Waals surface area (Å²) in [6.45, 7) is 4.91. The topological polar surface area (TPSA) is 42.2 Å². The van der Waals surface area contributed by atoms with Crippen molar-refractivity contribution in [2.24, 2.45) is 0 Å². The van der Waals surface area contributed by atoms with E-state index in [2.05, 4.69) is 18.3 Å². The van der Waals surface area contributed by atoms with Crippen molar-refractivity contribution in [2.75, 3.05) is 6.54 Å². The molecule has 27 heavy (non-hydrogen) atoms. The van der Waals surface area contributed by atoms with Gasteiger partial charge in [-0.25, -0.2) is 0 Å². The van der Waals surface area contributed by atoms with Gasteiger partial charge < -0.3 is 9.73 Å². The number of carbonyl (C=O) groups excluding carboxylic acids is 1. The first-order valence-electron chi connectivity index (χ1n) is 9.67. The Kier molecular flexibility index (Phi) is 6.57. The molecule has 3 rings (SSSR count). The van der Waals surface area contributed by atoms with Crippen molar-refractivity contribution in [1.82, 2.24) is 5.32 Å². The van der Waals surface area contributed by atoms with Crippen molar-refractivity contribution in [1.29, 1.82) is 0 Å². The summed E-state index contributed by atoms with van der Waals surface area (Å²) in [5.74, 6) is 0.932. The lowest BCUT2D eigenvalue weighted by atomic mass is 10.0. The zero-order chi connectivity index (χ0) is 19.2. The molecule has 0 saturated heterocycles. The second-order valence-electron chi connectivity index (χ2n) is 6.99. The molecular formula is C23H26ClNO2. The summed E-state index contributed by atoms with van der Waals surface area (Å²) in [6, 6.07) is 13.5. The van der Waals surface area contributed by atoms with Crippen molar-refractivity contribution in [3.63, 3.8) is 0 Å². The number of amides is 1. The predicted molar refractivity (Wildman–Crippen MR) is 112 cm³/mol. The molecule has 0 fully saturated rings. The number of halogens is 1. The number of unbranched alkanes of at least 4 members (excludes halogenated alkanes) is 4. The summed E-state index contributed by atoms with van der Waals surface area (Å²) in [5.41, 5.74) is 2.04. The average molecular weight is 384 g/mol. The van der Waals surface area contributed by atoms with Crippen LogP contribution in [-0.4, -0.2) is 12.5 Å². The Bertz CT molecular complexity index is 912. The maximum atomic E-state index is 12.7. The molecule has 142 valence electrons. The molecule has 0 saturated carbocycles. The Balaban J connectivity index is 1.83. The summed E-state index contributed by atoms with van der Waals surface area (Å²) in [4.78, 5) is 12.7. The third kappa shape index (κ3) is 4.72. The SMILES string of the molecule is CCCCCCCNC(=O)c1oc(-c2ccc(Cl)cc2)c2cc(C)ccc12. The highest BCUT2D eigenvalue weighted by atomic mass is 35.5. The van der Waals surface area contributed by atoms with E-state index in [-0.39, 0.29) is 5.91 Å². The Morgan fingerprint density at radius 3 is 2.48 bits per heavy atom. The number of hydrogen-bond donors (Lipinski definition) is 1. The Morgan fingerprint density at radius 2 is 1.74 bits per heavy atom. The van der Waals surface area contributed by atoms with Gasteiger partial charge in [-0.15, -0.1) is 0 Å². The zero-order valence-electron chi connectivity index (χ0n) is 16.0. The molecule has 0 unspecified atom stereocenters. The number of rotatable bonds is 8. The molecule has 0 atom stereocenters. The predicted octanol–water partition coefficient (Wildman–Crippen LogP) is 6.76. The fraction of sp³-hybridized carbons (Fsp3) is 0.348.